The molecule has 1 aliphatic rings. The Kier molecular flexibility index (Phi) is 3.85. The molecule has 0 saturated heterocycles. The Balaban J connectivity index is 2.20. The number of hydrogen-bond acceptors (Lipinski definition) is 2. The van der Waals surface area contributed by atoms with E-state index in [1.807, 2.05) is 0 Å². The second kappa shape index (κ2) is 5.37. The van der Waals surface area contributed by atoms with Crippen molar-refractivity contribution in [1.82, 2.24) is 5.32 Å². The second-order valence-corrected chi connectivity index (χ2v) is 4.70. The van der Waals surface area contributed by atoms with Crippen LogP contribution < -0.4 is 10.1 Å². The summed E-state index contributed by atoms with van der Waals surface area (Å²) in [5, 5.41) is 3.54. The third kappa shape index (κ3) is 2.70. The molecule has 1 aromatic carbocycles. The first-order valence-electron chi connectivity index (χ1n) is 6.36. The predicted molar refractivity (Wildman–Crippen MR) is 71.5 cm³/mol. The Morgan fingerprint density at radius 3 is 3.06 bits per heavy atom. The van der Waals surface area contributed by atoms with Crippen LogP contribution in [-0.4, -0.2) is 13.2 Å². The van der Waals surface area contributed by atoms with E-state index < -0.39 is 0 Å². The van der Waals surface area contributed by atoms with E-state index >= 15 is 0 Å². The zero-order chi connectivity index (χ0) is 12.3. The van der Waals surface area contributed by atoms with Crippen LogP contribution in [-0.2, 0) is 6.42 Å². The fourth-order valence-corrected chi connectivity index (χ4v) is 2.25. The molecule has 0 aromatic heterocycles. The molecule has 0 spiro atoms. The molecular formula is C15H21NO. The summed E-state index contributed by atoms with van der Waals surface area (Å²) in [6.45, 7) is 10.2. The predicted octanol–water partition coefficient (Wildman–Crippen LogP) is 3.24. The molecule has 1 N–H and O–H groups in total. The molecule has 2 heteroatoms. The molecule has 1 unspecified atom stereocenters. The van der Waals surface area contributed by atoms with Crippen molar-refractivity contribution in [3.8, 4) is 5.75 Å². The lowest BCUT2D eigenvalue weighted by atomic mass is 9.98. The zero-order valence-electron chi connectivity index (χ0n) is 10.8. The lowest BCUT2D eigenvalue weighted by Gasteiger charge is -2.19. The summed E-state index contributed by atoms with van der Waals surface area (Å²) in [7, 11) is 0. The Labute approximate surface area is 104 Å². The highest BCUT2D eigenvalue weighted by atomic mass is 16.5. The Hall–Kier alpha value is -1.28. The molecule has 1 atom stereocenters. The normalized spacial score (nSPS) is 15.2. The first kappa shape index (κ1) is 12.2. The standard InChI is InChI=1S/C15H21NO/c1-4-8-16-15(11(2)3)13-5-6-14-12(10-13)7-9-17-14/h5-6,10,15-16H,2,4,7-9H2,1,3H3. The van der Waals surface area contributed by atoms with Gasteiger partial charge in [-0.3, -0.25) is 0 Å². The van der Waals surface area contributed by atoms with E-state index in [-0.39, 0.29) is 6.04 Å². The molecule has 2 rings (SSSR count). The van der Waals surface area contributed by atoms with Gasteiger partial charge in [0.25, 0.3) is 0 Å². The maximum atomic E-state index is 5.53. The van der Waals surface area contributed by atoms with Crippen LogP contribution in [0, 0.1) is 0 Å². The molecule has 17 heavy (non-hydrogen) atoms. The van der Waals surface area contributed by atoms with Crippen molar-refractivity contribution in [3.05, 3.63) is 41.5 Å². The van der Waals surface area contributed by atoms with Crippen LogP contribution in [0.3, 0.4) is 0 Å². The molecule has 0 bridgehead atoms. The average molecular weight is 231 g/mol. The summed E-state index contributed by atoms with van der Waals surface area (Å²) in [5.74, 6) is 1.05. The third-order valence-electron chi connectivity index (χ3n) is 3.14. The smallest absolute Gasteiger partial charge is 0.122 e. The molecule has 2 nitrogen and oxygen atoms in total. The minimum atomic E-state index is 0.265. The van der Waals surface area contributed by atoms with Crippen molar-refractivity contribution in [2.45, 2.75) is 32.7 Å². The third-order valence-corrected chi connectivity index (χ3v) is 3.14. The van der Waals surface area contributed by atoms with Crippen molar-refractivity contribution < 1.29 is 4.74 Å². The topological polar surface area (TPSA) is 21.3 Å². The quantitative estimate of drug-likeness (QED) is 0.785. The Morgan fingerprint density at radius 1 is 1.53 bits per heavy atom. The van der Waals surface area contributed by atoms with E-state index in [0.29, 0.717) is 0 Å². The molecule has 0 radical (unpaired) electrons. The van der Waals surface area contributed by atoms with Crippen LogP contribution in [0.25, 0.3) is 0 Å². The molecular weight excluding hydrogens is 210 g/mol. The first-order chi connectivity index (χ1) is 8.22. The largest absolute Gasteiger partial charge is 0.493 e. The Bertz CT molecular complexity index is 411. The van der Waals surface area contributed by atoms with Crippen molar-refractivity contribution >= 4 is 0 Å². The molecule has 0 saturated carbocycles. The van der Waals surface area contributed by atoms with Gasteiger partial charge >= 0.3 is 0 Å². The van der Waals surface area contributed by atoms with Crippen LogP contribution in [0.2, 0.25) is 0 Å². The average Bonchev–Trinajstić information content (AvgIpc) is 2.76. The van der Waals surface area contributed by atoms with Gasteiger partial charge in [0.05, 0.1) is 12.6 Å². The maximum absolute atomic E-state index is 5.53. The highest BCUT2D eigenvalue weighted by molar-refractivity contribution is 5.42. The van der Waals surface area contributed by atoms with Crippen LogP contribution in [0.5, 0.6) is 5.75 Å². The summed E-state index contributed by atoms with van der Waals surface area (Å²) in [5.41, 5.74) is 3.79. The fourth-order valence-electron chi connectivity index (χ4n) is 2.25. The van der Waals surface area contributed by atoms with E-state index in [0.717, 1.165) is 37.3 Å². The minimum Gasteiger partial charge on any atom is -0.493 e. The summed E-state index contributed by atoms with van der Waals surface area (Å²) < 4.78 is 5.53. The molecule has 1 aliphatic heterocycles. The number of fused-ring (bicyclic) bond motifs is 1. The van der Waals surface area contributed by atoms with Gasteiger partial charge in [-0.05, 0) is 37.1 Å². The molecule has 1 heterocycles. The van der Waals surface area contributed by atoms with Gasteiger partial charge in [0.1, 0.15) is 5.75 Å². The highest BCUT2D eigenvalue weighted by Crippen LogP contribution is 2.30. The summed E-state index contributed by atoms with van der Waals surface area (Å²) in [6.07, 6.45) is 2.16. The van der Waals surface area contributed by atoms with Gasteiger partial charge in [-0.2, -0.15) is 0 Å². The lowest BCUT2D eigenvalue weighted by molar-refractivity contribution is 0.357. The summed E-state index contributed by atoms with van der Waals surface area (Å²) in [4.78, 5) is 0. The second-order valence-electron chi connectivity index (χ2n) is 4.70. The zero-order valence-corrected chi connectivity index (χ0v) is 10.8. The monoisotopic (exact) mass is 231 g/mol. The molecule has 0 amide bonds. The lowest BCUT2D eigenvalue weighted by Crippen LogP contribution is -2.22. The van der Waals surface area contributed by atoms with Crippen LogP contribution in [0.1, 0.15) is 37.4 Å². The summed E-state index contributed by atoms with van der Waals surface area (Å²) >= 11 is 0. The first-order valence-corrected chi connectivity index (χ1v) is 6.36. The van der Waals surface area contributed by atoms with Gasteiger partial charge in [0, 0.05) is 6.42 Å². The van der Waals surface area contributed by atoms with E-state index in [4.69, 9.17) is 4.74 Å². The molecule has 0 fully saturated rings. The van der Waals surface area contributed by atoms with Crippen LogP contribution >= 0.6 is 0 Å². The van der Waals surface area contributed by atoms with Crippen molar-refractivity contribution in [2.75, 3.05) is 13.2 Å². The van der Waals surface area contributed by atoms with E-state index in [1.165, 1.54) is 11.1 Å². The van der Waals surface area contributed by atoms with Gasteiger partial charge < -0.3 is 10.1 Å². The van der Waals surface area contributed by atoms with Crippen molar-refractivity contribution in [3.63, 3.8) is 0 Å². The van der Waals surface area contributed by atoms with Crippen molar-refractivity contribution in [1.29, 1.82) is 0 Å². The minimum absolute atomic E-state index is 0.265. The van der Waals surface area contributed by atoms with Crippen LogP contribution in [0.15, 0.2) is 30.4 Å². The van der Waals surface area contributed by atoms with Gasteiger partial charge in [0.15, 0.2) is 0 Å². The SMILES string of the molecule is C=C(C)C(NCCC)c1ccc2c(c1)CCO2. The van der Waals surface area contributed by atoms with E-state index in [2.05, 4.69) is 43.9 Å². The Morgan fingerprint density at radius 2 is 2.35 bits per heavy atom. The number of hydrogen-bond donors (Lipinski definition) is 1. The van der Waals surface area contributed by atoms with Gasteiger partial charge in [-0.15, -0.1) is 0 Å². The fraction of sp³-hybridized carbons (Fsp3) is 0.467. The van der Waals surface area contributed by atoms with Crippen LogP contribution in [0.4, 0.5) is 0 Å². The van der Waals surface area contributed by atoms with Gasteiger partial charge in [-0.25, -0.2) is 0 Å². The number of rotatable bonds is 5. The van der Waals surface area contributed by atoms with Crippen molar-refractivity contribution in [2.24, 2.45) is 0 Å². The van der Waals surface area contributed by atoms with E-state index in [1.54, 1.807) is 0 Å². The number of ether oxygens (including phenoxy) is 1. The van der Waals surface area contributed by atoms with Gasteiger partial charge in [-0.1, -0.05) is 31.2 Å². The number of nitrogens with one attached hydrogen (secondary N) is 1. The highest BCUT2D eigenvalue weighted by Gasteiger charge is 2.16. The maximum Gasteiger partial charge on any atom is 0.122 e. The summed E-state index contributed by atoms with van der Waals surface area (Å²) in [6, 6.07) is 6.75. The van der Waals surface area contributed by atoms with Gasteiger partial charge in [0.2, 0.25) is 0 Å². The molecule has 0 aliphatic carbocycles. The van der Waals surface area contributed by atoms with E-state index in [9.17, 15) is 0 Å². The molecule has 92 valence electrons. The number of benzene rings is 1. The molecule has 1 aromatic rings.